The highest BCUT2D eigenvalue weighted by Crippen LogP contribution is 2.24. The number of halogens is 2. The highest BCUT2D eigenvalue weighted by molar-refractivity contribution is 9.10. The number of benzene rings is 3. The second-order valence-electron chi connectivity index (χ2n) is 7.65. The third-order valence-electron chi connectivity index (χ3n) is 5.11. The lowest BCUT2D eigenvalue weighted by atomic mass is 10.2. The zero-order valence-electron chi connectivity index (χ0n) is 19.7. The Morgan fingerprint density at radius 3 is 2.47 bits per heavy atom. The number of amides is 2. The van der Waals surface area contributed by atoms with E-state index >= 15 is 0 Å². The zero-order valence-corrected chi connectivity index (χ0v) is 23.6. The Morgan fingerprint density at radius 2 is 1.79 bits per heavy atom. The predicted molar refractivity (Wildman–Crippen MR) is 155 cm³/mol. The van der Waals surface area contributed by atoms with Gasteiger partial charge in [0.05, 0.1) is 29.5 Å². The summed E-state index contributed by atoms with van der Waals surface area (Å²) in [6.45, 7) is 0. The normalized spacial score (nSPS) is 10.6. The average Bonchev–Trinajstić information content (AvgIpc) is 2.91. The van der Waals surface area contributed by atoms with Gasteiger partial charge in [-0.15, -0.1) is 0 Å². The molecule has 13 heteroatoms. The number of aromatic nitrogens is 2. The van der Waals surface area contributed by atoms with Gasteiger partial charge in [0.25, 0.3) is 11.5 Å². The van der Waals surface area contributed by atoms with Gasteiger partial charge in [-0.05, 0) is 78.9 Å². The molecule has 0 aliphatic rings. The van der Waals surface area contributed by atoms with Gasteiger partial charge >= 0.3 is 0 Å². The quantitative estimate of drug-likeness (QED) is 0.125. The Balaban J connectivity index is 1.46. The number of hydrogen-bond acceptors (Lipinski definition) is 7. The molecule has 1 aromatic heterocycles. The van der Waals surface area contributed by atoms with Crippen molar-refractivity contribution in [1.29, 1.82) is 0 Å². The number of methoxy groups -OCH3 is 1. The van der Waals surface area contributed by atoms with E-state index in [0.717, 1.165) is 16.2 Å². The predicted octanol–water partition coefficient (Wildman–Crippen LogP) is 4.24. The van der Waals surface area contributed by atoms with E-state index in [1.165, 1.54) is 4.57 Å². The fourth-order valence-electron chi connectivity index (χ4n) is 3.29. The van der Waals surface area contributed by atoms with Crippen LogP contribution in [-0.4, -0.2) is 39.3 Å². The highest BCUT2D eigenvalue weighted by atomic mass is 79.9. The summed E-state index contributed by atoms with van der Waals surface area (Å²) in [5.41, 5.74) is 5.99. The lowest BCUT2D eigenvalue weighted by Gasteiger charge is -2.14. The van der Waals surface area contributed by atoms with Crippen LogP contribution in [0.5, 0.6) is 5.75 Å². The third-order valence-corrected chi connectivity index (χ3v) is 7.02. The van der Waals surface area contributed by atoms with E-state index in [-0.39, 0.29) is 16.4 Å². The van der Waals surface area contributed by atoms with Crippen LogP contribution >= 0.6 is 51.5 Å². The number of thioether (sulfide) groups is 1. The smallest absolute Gasteiger partial charge is 0.266 e. The molecule has 0 fully saturated rings. The molecular weight excluding hydrogens is 614 g/mol. The van der Waals surface area contributed by atoms with Crippen LogP contribution in [-0.2, 0) is 4.79 Å². The first kappa shape index (κ1) is 27.6. The largest absolute Gasteiger partial charge is 0.497 e. The first-order valence-corrected chi connectivity index (χ1v) is 13.5. The van der Waals surface area contributed by atoms with Crippen molar-refractivity contribution >= 4 is 79.3 Å². The molecule has 1 heterocycles. The van der Waals surface area contributed by atoms with Crippen LogP contribution in [0, 0.1) is 0 Å². The zero-order chi connectivity index (χ0) is 27.2. The molecule has 0 atom stereocenters. The van der Waals surface area contributed by atoms with Gasteiger partial charge in [-0.1, -0.05) is 39.3 Å². The number of ether oxygens (including phenoxy) is 1. The molecule has 4 rings (SSSR count). The second kappa shape index (κ2) is 12.4. The maximum Gasteiger partial charge on any atom is 0.266 e. The first-order chi connectivity index (χ1) is 18.2. The van der Waals surface area contributed by atoms with Gasteiger partial charge in [0.2, 0.25) is 5.91 Å². The van der Waals surface area contributed by atoms with Crippen molar-refractivity contribution in [3.63, 3.8) is 0 Å². The number of carbonyl (C=O) groups is 2. The lowest BCUT2D eigenvalue weighted by molar-refractivity contribution is -0.119. The molecule has 0 saturated heterocycles. The number of fused-ring (bicyclic) bond motifs is 1. The molecule has 3 N–H and O–H groups in total. The van der Waals surface area contributed by atoms with Gasteiger partial charge < -0.3 is 4.74 Å². The maximum absolute atomic E-state index is 13.4. The number of hydrazine groups is 1. The minimum Gasteiger partial charge on any atom is -0.497 e. The van der Waals surface area contributed by atoms with Crippen molar-refractivity contribution in [2.24, 2.45) is 0 Å². The van der Waals surface area contributed by atoms with Crippen LogP contribution < -0.4 is 26.5 Å². The first-order valence-electron chi connectivity index (χ1n) is 10.9. The van der Waals surface area contributed by atoms with Crippen LogP contribution in [0.2, 0.25) is 5.02 Å². The van der Waals surface area contributed by atoms with Crippen molar-refractivity contribution in [3.05, 3.63) is 92.1 Å². The van der Waals surface area contributed by atoms with Crippen LogP contribution in [0.15, 0.2) is 81.2 Å². The van der Waals surface area contributed by atoms with E-state index in [1.807, 2.05) is 0 Å². The topological polar surface area (TPSA) is 114 Å². The van der Waals surface area contributed by atoms with Crippen molar-refractivity contribution < 1.29 is 14.3 Å². The van der Waals surface area contributed by atoms with E-state index < -0.39 is 11.8 Å². The fraction of sp³-hybridized carbons (Fsp3) is 0.0800. The number of nitrogens with zero attached hydrogens (tertiary/aromatic N) is 2. The van der Waals surface area contributed by atoms with E-state index in [0.29, 0.717) is 38.1 Å². The SMILES string of the molecule is COc1ccc(-n2c(SCC(=O)NNC(=S)NC(=O)c3ccc(Br)cc3)nc3ccc(Cl)cc3c2=O)cc1. The highest BCUT2D eigenvalue weighted by Gasteiger charge is 2.16. The molecule has 0 radical (unpaired) electrons. The summed E-state index contributed by atoms with van der Waals surface area (Å²) in [5, 5.41) is 3.46. The molecule has 0 spiro atoms. The molecule has 2 amide bonds. The summed E-state index contributed by atoms with van der Waals surface area (Å²) < 4.78 is 7.45. The summed E-state index contributed by atoms with van der Waals surface area (Å²) in [5.74, 6) is -0.358. The average molecular weight is 633 g/mol. The molecule has 0 aliphatic heterocycles. The molecule has 9 nitrogen and oxygen atoms in total. The number of rotatable bonds is 6. The van der Waals surface area contributed by atoms with E-state index in [2.05, 4.69) is 37.1 Å². The van der Waals surface area contributed by atoms with Crippen LogP contribution in [0.3, 0.4) is 0 Å². The van der Waals surface area contributed by atoms with Gasteiger partial charge in [-0.3, -0.25) is 35.1 Å². The summed E-state index contributed by atoms with van der Waals surface area (Å²) in [6, 6.07) is 18.4. The van der Waals surface area contributed by atoms with Crippen molar-refractivity contribution in [1.82, 2.24) is 25.7 Å². The maximum atomic E-state index is 13.4. The molecule has 194 valence electrons. The summed E-state index contributed by atoms with van der Waals surface area (Å²) in [7, 11) is 1.55. The molecule has 38 heavy (non-hydrogen) atoms. The molecule has 4 aromatic rings. The second-order valence-corrected chi connectivity index (χ2v) is 10.3. The molecule has 0 aliphatic carbocycles. The third kappa shape index (κ3) is 6.70. The number of hydrogen-bond donors (Lipinski definition) is 3. The minimum atomic E-state index is -0.457. The van der Waals surface area contributed by atoms with E-state index in [4.69, 9.17) is 28.6 Å². The Kier molecular flexibility index (Phi) is 9.00. The van der Waals surface area contributed by atoms with Gasteiger partial charge in [-0.2, -0.15) is 0 Å². The number of nitrogens with one attached hydrogen (secondary N) is 3. The van der Waals surface area contributed by atoms with Gasteiger partial charge in [-0.25, -0.2) is 4.98 Å². The molecule has 0 bridgehead atoms. The van der Waals surface area contributed by atoms with Gasteiger partial charge in [0.1, 0.15) is 5.75 Å². The molecular formula is C25H19BrClN5O4S2. The fourth-order valence-corrected chi connectivity index (χ4v) is 4.69. The van der Waals surface area contributed by atoms with Crippen molar-refractivity contribution in [3.8, 4) is 11.4 Å². The van der Waals surface area contributed by atoms with Gasteiger partial charge in [0.15, 0.2) is 10.3 Å². The van der Waals surface area contributed by atoms with Crippen LogP contribution in [0.25, 0.3) is 16.6 Å². The van der Waals surface area contributed by atoms with Crippen molar-refractivity contribution in [2.75, 3.05) is 12.9 Å². The monoisotopic (exact) mass is 631 g/mol. The Bertz CT molecular complexity index is 1580. The van der Waals surface area contributed by atoms with Crippen molar-refractivity contribution in [2.45, 2.75) is 5.16 Å². The van der Waals surface area contributed by atoms with Gasteiger partial charge in [0, 0.05) is 15.1 Å². The standard InChI is InChI=1S/C25H19BrClN5O4S2/c1-36-18-9-7-17(8-10-18)32-23(35)19-12-16(27)6-11-20(19)28-25(32)38-13-21(33)30-31-24(37)29-22(34)14-2-4-15(26)5-3-14/h2-12H,13H2,1H3,(H,30,33)(H2,29,31,34,37). The van der Waals surface area contributed by atoms with E-state index in [9.17, 15) is 14.4 Å². The Hall–Kier alpha value is -3.45. The van der Waals surface area contributed by atoms with Crippen LogP contribution in [0.1, 0.15) is 10.4 Å². The number of carbonyl (C=O) groups excluding carboxylic acids is 2. The summed E-state index contributed by atoms with van der Waals surface area (Å²) in [6.07, 6.45) is 0. The molecule has 0 unspecified atom stereocenters. The Morgan fingerprint density at radius 1 is 1.08 bits per heavy atom. The van der Waals surface area contributed by atoms with Crippen LogP contribution in [0.4, 0.5) is 0 Å². The lowest BCUT2D eigenvalue weighted by Crippen LogP contribution is -2.49. The minimum absolute atomic E-state index is 0.0767. The number of thiocarbonyl (C=S) groups is 1. The van der Waals surface area contributed by atoms with E-state index in [1.54, 1.807) is 73.8 Å². The molecule has 3 aromatic carbocycles. The Labute approximate surface area is 240 Å². The summed E-state index contributed by atoms with van der Waals surface area (Å²) >= 11 is 15.6. The summed E-state index contributed by atoms with van der Waals surface area (Å²) in [4.78, 5) is 42.8. The molecule has 0 saturated carbocycles.